The molecule has 0 saturated heterocycles. The van der Waals surface area contributed by atoms with Crippen molar-refractivity contribution in [1.82, 2.24) is 9.97 Å². The zero-order valence-electron chi connectivity index (χ0n) is 14.5. The molecule has 130 valence electrons. The monoisotopic (exact) mass is 340 g/mol. The Morgan fingerprint density at radius 1 is 1.32 bits per heavy atom. The SMILES string of the molecule is CCOC(=O)c1c(C=O)ccnc1OC1c2ncccc2CC1(C)C. The molecular weight excluding hydrogens is 320 g/mol. The number of fused-ring (bicyclic) bond motifs is 1. The molecule has 0 bridgehead atoms. The Bertz CT molecular complexity index is 817. The van der Waals surface area contributed by atoms with Gasteiger partial charge in [-0.05, 0) is 31.0 Å². The Kier molecular flexibility index (Phi) is 4.53. The quantitative estimate of drug-likeness (QED) is 0.614. The Morgan fingerprint density at radius 2 is 2.12 bits per heavy atom. The van der Waals surface area contributed by atoms with Crippen LogP contribution in [0.15, 0.2) is 30.6 Å². The van der Waals surface area contributed by atoms with E-state index in [1.807, 2.05) is 12.1 Å². The summed E-state index contributed by atoms with van der Waals surface area (Å²) in [6.45, 7) is 6.06. The van der Waals surface area contributed by atoms with E-state index in [4.69, 9.17) is 9.47 Å². The number of ether oxygens (including phenoxy) is 2. The van der Waals surface area contributed by atoms with Gasteiger partial charge in [-0.25, -0.2) is 9.78 Å². The number of nitrogens with zero attached hydrogens (tertiary/aromatic N) is 2. The number of carbonyl (C=O) groups excluding carboxylic acids is 2. The lowest BCUT2D eigenvalue weighted by Gasteiger charge is -2.27. The molecule has 1 unspecified atom stereocenters. The minimum atomic E-state index is -0.621. The Hall–Kier alpha value is -2.76. The molecule has 2 aromatic rings. The fourth-order valence-corrected chi connectivity index (χ4v) is 3.17. The Morgan fingerprint density at radius 3 is 2.84 bits per heavy atom. The fourth-order valence-electron chi connectivity index (χ4n) is 3.17. The number of aromatic nitrogens is 2. The van der Waals surface area contributed by atoms with Crippen molar-refractivity contribution in [2.24, 2.45) is 5.41 Å². The second-order valence-corrected chi connectivity index (χ2v) is 6.63. The van der Waals surface area contributed by atoms with E-state index in [1.54, 1.807) is 13.1 Å². The molecule has 25 heavy (non-hydrogen) atoms. The van der Waals surface area contributed by atoms with Crippen molar-refractivity contribution < 1.29 is 19.1 Å². The summed E-state index contributed by atoms with van der Waals surface area (Å²) in [5.74, 6) is -0.524. The summed E-state index contributed by atoms with van der Waals surface area (Å²) in [4.78, 5) is 32.3. The van der Waals surface area contributed by atoms with Gasteiger partial charge in [0.25, 0.3) is 0 Å². The van der Waals surface area contributed by atoms with Crippen LogP contribution in [-0.4, -0.2) is 28.8 Å². The molecule has 6 nitrogen and oxygen atoms in total. The summed E-state index contributed by atoms with van der Waals surface area (Å²) in [6, 6.07) is 5.39. The minimum Gasteiger partial charge on any atom is -0.467 e. The molecule has 0 amide bonds. The van der Waals surface area contributed by atoms with E-state index >= 15 is 0 Å². The van der Waals surface area contributed by atoms with Crippen LogP contribution in [0, 0.1) is 5.41 Å². The van der Waals surface area contributed by atoms with Crippen molar-refractivity contribution in [3.63, 3.8) is 0 Å². The van der Waals surface area contributed by atoms with Gasteiger partial charge in [-0.1, -0.05) is 19.9 Å². The third-order valence-electron chi connectivity index (χ3n) is 4.31. The zero-order chi connectivity index (χ0) is 18.0. The maximum Gasteiger partial charge on any atom is 0.344 e. The number of carbonyl (C=O) groups is 2. The summed E-state index contributed by atoms with van der Waals surface area (Å²) in [5, 5.41) is 0. The largest absolute Gasteiger partial charge is 0.467 e. The second-order valence-electron chi connectivity index (χ2n) is 6.63. The Balaban J connectivity index is 2.03. The normalized spacial score (nSPS) is 17.6. The van der Waals surface area contributed by atoms with Crippen LogP contribution in [0.3, 0.4) is 0 Å². The molecule has 0 radical (unpaired) electrons. The molecule has 0 N–H and O–H groups in total. The van der Waals surface area contributed by atoms with Gasteiger partial charge in [0.15, 0.2) is 6.29 Å². The van der Waals surface area contributed by atoms with Crippen molar-refractivity contribution in [3.05, 3.63) is 53.0 Å². The number of pyridine rings is 2. The second kappa shape index (κ2) is 6.63. The van der Waals surface area contributed by atoms with Gasteiger partial charge in [-0.15, -0.1) is 0 Å². The molecule has 0 aliphatic heterocycles. The van der Waals surface area contributed by atoms with Gasteiger partial charge in [0.2, 0.25) is 5.88 Å². The van der Waals surface area contributed by atoms with Crippen LogP contribution in [0.2, 0.25) is 0 Å². The molecule has 3 rings (SSSR count). The van der Waals surface area contributed by atoms with E-state index in [1.165, 1.54) is 12.3 Å². The van der Waals surface area contributed by atoms with Crippen molar-refractivity contribution in [2.45, 2.75) is 33.3 Å². The minimum absolute atomic E-state index is 0.0551. The van der Waals surface area contributed by atoms with Crippen molar-refractivity contribution in [2.75, 3.05) is 6.61 Å². The smallest absolute Gasteiger partial charge is 0.344 e. The lowest BCUT2D eigenvalue weighted by molar-refractivity contribution is 0.0492. The summed E-state index contributed by atoms with van der Waals surface area (Å²) in [6.07, 6.45) is 4.21. The van der Waals surface area contributed by atoms with Crippen LogP contribution in [0.1, 0.15) is 58.8 Å². The van der Waals surface area contributed by atoms with Crippen LogP contribution < -0.4 is 4.74 Å². The molecule has 0 aromatic carbocycles. The van der Waals surface area contributed by atoms with Gasteiger partial charge in [0.1, 0.15) is 11.7 Å². The zero-order valence-corrected chi connectivity index (χ0v) is 14.5. The number of hydrogen-bond acceptors (Lipinski definition) is 6. The maximum absolute atomic E-state index is 12.3. The van der Waals surface area contributed by atoms with Gasteiger partial charge >= 0.3 is 5.97 Å². The van der Waals surface area contributed by atoms with Crippen LogP contribution >= 0.6 is 0 Å². The molecule has 1 atom stereocenters. The van der Waals surface area contributed by atoms with Crippen LogP contribution in [-0.2, 0) is 11.2 Å². The van der Waals surface area contributed by atoms with E-state index in [9.17, 15) is 9.59 Å². The number of hydrogen-bond donors (Lipinski definition) is 0. The van der Waals surface area contributed by atoms with Gasteiger partial charge in [0.05, 0.1) is 12.3 Å². The molecule has 2 heterocycles. The summed E-state index contributed by atoms with van der Waals surface area (Å²) >= 11 is 0. The van der Waals surface area contributed by atoms with Gasteiger partial charge < -0.3 is 9.47 Å². The van der Waals surface area contributed by atoms with E-state index < -0.39 is 5.97 Å². The molecular formula is C19H20N2O4. The summed E-state index contributed by atoms with van der Waals surface area (Å²) in [7, 11) is 0. The summed E-state index contributed by atoms with van der Waals surface area (Å²) < 4.78 is 11.2. The maximum atomic E-state index is 12.3. The highest BCUT2D eigenvalue weighted by Crippen LogP contribution is 2.46. The van der Waals surface area contributed by atoms with Crippen molar-refractivity contribution >= 4 is 12.3 Å². The first-order chi connectivity index (χ1) is 12.0. The first-order valence-corrected chi connectivity index (χ1v) is 8.19. The molecule has 6 heteroatoms. The highest BCUT2D eigenvalue weighted by Gasteiger charge is 2.42. The molecule has 1 aliphatic rings. The van der Waals surface area contributed by atoms with Crippen LogP contribution in [0.5, 0.6) is 5.88 Å². The number of esters is 1. The van der Waals surface area contributed by atoms with Crippen LogP contribution in [0.4, 0.5) is 0 Å². The van der Waals surface area contributed by atoms with Crippen molar-refractivity contribution in [3.8, 4) is 5.88 Å². The predicted octanol–water partition coefficient (Wildman–Crippen LogP) is 3.17. The molecule has 0 spiro atoms. The van der Waals surface area contributed by atoms with Gasteiger partial charge in [0, 0.05) is 23.4 Å². The molecule has 2 aromatic heterocycles. The average molecular weight is 340 g/mol. The highest BCUT2D eigenvalue weighted by atomic mass is 16.5. The first-order valence-electron chi connectivity index (χ1n) is 8.19. The third-order valence-corrected chi connectivity index (χ3v) is 4.31. The standard InChI is InChI=1S/C19H20N2O4/c1-4-24-18(23)14-13(11-22)7-9-21-17(14)25-16-15-12(6-5-8-20-15)10-19(16,2)3/h5-9,11,16H,4,10H2,1-3H3. The lowest BCUT2D eigenvalue weighted by Crippen LogP contribution is -2.25. The molecule has 0 fully saturated rings. The number of aldehydes is 1. The highest BCUT2D eigenvalue weighted by molar-refractivity contribution is 6.00. The average Bonchev–Trinajstić information content (AvgIpc) is 2.85. The number of rotatable bonds is 5. The Labute approximate surface area is 146 Å². The van der Waals surface area contributed by atoms with E-state index in [0.29, 0.717) is 6.29 Å². The van der Waals surface area contributed by atoms with E-state index in [-0.39, 0.29) is 35.1 Å². The predicted molar refractivity (Wildman–Crippen MR) is 90.7 cm³/mol. The van der Waals surface area contributed by atoms with Crippen LogP contribution in [0.25, 0.3) is 0 Å². The summed E-state index contributed by atoms with van der Waals surface area (Å²) in [5.41, 5.74) is 1.98. The third kappa shape index (κ3) is 3.12. The topological polar surface area (TPSA) is 78.4 Å². The van der Waals surface area contributed by atoms with E-state index in [2.05, 4.69) is 23.8 Å². The van der Waals surface area contributed by atoms with E-state index in [0.717, 1.165) is 17.7 Å². The van der Waals surface area contributed by atoms with Gasteiger partial charge in [-0.3, -0.25) is 9.78 Å². The first kappa shape index (κ1) is 17.1. The lowest BCUT2D eigenvalue weighted by atomic mass is 9.88. The van der Waals surface area contributed by atoms with Crippen molar-refractivity contribution in [1.29, 1.82) is 0 Å². The molecule has 0 saturated carbocycles. The molecule has 1 aliphatic carbocycles. The fraction of sp³-hybridized carbons (Fsp3) is 0.368. The van der Waals surface area contributed by atoms with Gasteiger partial charge in [-0.2, -0.15) is 0 Å².